The molecule has 0 radical (unpaired) electrons. The van der Waals surface area contributed by atoms with E-state index in [2.05, 4.69) is 0 Å². The number of nitriles is 2. The highest BCUT2D eigenvalue weighted by molar-refractivity contribution is 5.70. The molecular formula is C11H14N2O3. The third kappa shape index (κ3) is 2.50. The van der Waals surface area contributed by atoms with Crippen LogP contribution in [0.5, 0.6) is 0 Å². The Labute approximate surface area is 94.6 Å². The molecule has 1 fully saturated rings. The van der Waals surface area contributed by atoms with Crippen LogP contribution in [0.3, 0.4) is 0 Å². The molecule has 0 aromatic rings. The molecule has 5 nitrogen and oxygen atoms in total. The van der Waals surface area contributed by atoms with Crippen molar-refractivity contribution < 1.29 is 14.3 Å². The molecule has 86 valence electrons. The average Bonchev–Trinajstić information content (AvgIpc) is 2.30. The van der Waals surface area contributed by atoms with E-state index in [1.807, 2.05) is 12.1 Å². The van der Waals surface area contributed by atoms with Gasteiger partial charge >= 0.3 is 5.97 Å². The molecule has 0 saturated carbocycles. The van der Waals surface area contributed by atoms with Crippen LogP contribution in [0.4, 0.5) is 0 Å². The summed E-state index contributed by atoms with van der Waals surface area (Å²) in [6.07, 6.45) is 0.412. The first-order valence-corrected chi connectivity index (χ1v) is 5.28. The van der Waals surface area contributed by atoms with Crippen LogP contribution in [-0.4, -0.2) is 25.3 Å². The summed E-state index contributed by atoms with van der Waals surface area (Å²) in [5, 5.41) is 18.1. The first-order chi connectivity index (χ1) is 7.68. The number of carbonyl (C=O) groups is 1. The van der Waals surface area contributed by atoms with Crippen molar-refractivity contribution in [3.05, 3.63) is 0 Å². The fraction of sp³-hybridized carbons (Fsp3) is 0.727. The second-order valence-corrected chi connectivity index (χ2v) is 3.67. The Hall–Kier alpha value is -1.59. The summed E-state index contributed by atoms with van der Waals surface area (Å²) in [6.45, 7) is 2.48. The summed E-state index contributed by atoms with van der Waals surface area (Å²) in [5.41, 5.74) is -1.20. The van der Waals surface area contributed by atoms with Gasteiger partial charge < -0.3 is 9.47 Å². The van der Waals surface area contributed by atoms with Gasteiger partial charge in [-0.25, -0.2) is 0 Å². The van der Waals surface area contributed by atoms with Gasteiger partial charge in [-0.15, -0.1) is 0 Å². The predicted octanol–water partition coefficient (Wildman–Crippen LogP) is 1.15. The molecule has 1 rings (SSSR count). The van der Waals surface area contributed by atoms with Gasteiger partial charge in [-0.2, -0.15) is 10.5 Å². The van der Waals surface area contributed by atoms with Crippen molar-refractivity contribution in [2.45, 2.75) is 32.3 Å². The summed E-state index contributed by atoms with van der Waals surface area (Å²) < 4.78 is 10.1. The van der Waals surface area contributed by atoms with E-state index in [9.17, 15) is 4.79 Å². The third-order valence-corrected chi connectivity index (χ3v) is 2.64. The number of ether oxygens (including phenoxy) is 2. The lowest BCUT2D eigenvalue weighted by Crippen LogP contribution is -2.41. The molecule has 16 heavy (non-hydrogen) atoms. The van der Waals surface area contributed by atoms with Gasteiger partial charge in [0.1, 0.15) is 0 Å². The molecule has 0 bridgehead atoms. The zero-order valence-corrected chi connectivity index (χ0v) is 9.23. The number of hydrogen-bond acceptors (Lipinski definition) is 5. The van der Waals surface area contributed by atoms with Gasteiger partial charge in [-0.3, -0.25) is 4.79 Å². The standard InChI is InChI=1S/C11H14N2O3/c1-2-15-10(14)6-9-11(7-12,8-13)4-3-5-16-9/h9H,2-6H2,1H3/t9-/m1/s1. The fourth-order valence-electron chi connectivity index (χ4n) is 1.77. The molecule has 5 heteroatoms. The second-order valence-electron chi connectivity index (χ2n) is 3.67. The van der Waals surface area contributed by atoms with E-state index in [4.69, 9.17) is 20.0 Å². The summed E-state index contributed by atoms with van der Waals surface area (Å²) in [5.74, 6) is -0.427. The Morgan fingerprint density at radius 2 is 2.25 bits per heavy atom. The molecule has 1 atom stereocenters. The normalized spacial score (nSPS) is 22.8. The highest BCUT2D eigenvalue weighted by Crippen LogP contribution is 2.35. The third-order valence-electron chi connectivity index (χ3n) is 2.64. The molecule has 0 aromatic carbocycles. The maximum absolute atomic E-state index is 11.3. The lowest BCUT2D eigenvalue weighted by Gasteiger charge is -2.32. The zero-order chi connectivity index (χ0) is 12.0. The molecule has 0 amide bonds. The van der Waals surface area contributed by atoms with Gasteiger partial charge in [-0.05, 0) is 19.8 Å². The summed E-state index contributed by atoms with van der Waals surface area (Å²) in [4.78, 5) is 11.3. The van der Waals surface area contributed by atoms with Crippen LogP contribution in [-0.2, 0) is 14.3 Å². The minimum atomic E-state index is -1.20. The average molecular weight is 222 g/mol. The van der Waals surface area contributed by atoms with E-state index >= 15 is 0 Å². The van der Waals surface area contributed by atoms with Gasteiger partial charge in [0, 0.05) is 6.61 Å². The van der Waals surface area contributed by atoms with E-state index in [-0.39, 0.29) is 13.0 Å². The van der Waals surface area contributed by atoms with E-state index in [1.54, 1.807) is 6.92 Å². The van der Waals surface area contributed by atoms with Crippen molar-refractivity contribution in [2.24, 2.45) is 5.41 Å². The predicted molar refractivity (Wildman–Crippen MR) is 53.9 cm³/mol. The number of esters is 1. The van der Waals surface area contributed by atoms with Crippen LogP contribution in [0.25, 0.3) is 0 Å². The van der Waals surface area contributed by atoms with E-state index in [0.29, 0.717) is 19.4 Å². The van der Waals surface area contributed by atoms with Crippen molar-refractivity contribution in [2.75, 3.05) is 13.2 Å². The quantitative estimate of drug-likeness (QED) is 0.669. The lowest BCUT2D eigenvalue weighted by atomic mass is 9.78. The summed E-state index contributed by atoms with van der Waals surface area (Å²) in [6, 6.07) is 3.94. The molecule has 0 aliphatic carbocycles. The van der Waals surface area contributed by atoms with Crippen molar-refractivity contribution in [3.8, 4) is 12.1 Å². The number of hydrogen-bond donors (Lipinski definition) is 0. The first-order valence-electron chi connectivity index (χ1n) is 5.28. The summed E-state index contributed by atoms with van der Waals surface area (Å²) >= 11 is 0. The molecule has 1 aliphatic rings. The molecule has 1 saturated heterocycles. The highest BCUT2D eigenvalue weighted by Gasteiger charge is 2.44. The van der Waals surface area contributed by atoms with E-state index in [0.717, 1.165) is 0 Å². The lowest BCUT2D eigenvalue weighted by molar-refractivity contribution is -0.149. The minimum Gasteiger partial charge on any atom is -0.466 e. The Bertz CT molecular complexity index is 326. The van der Waals surface area contributed by atoms with Gasteiger partial charge in [-0.1, -0.05) is 0 Å². The molecule has 1 heterocycles. The maximum Gasteiger partial charge on any atom is 0.308 e. The minimum absolute atomic E-state index is 0.0328. The Morgan fingerprint density at radius 1 is 1.56 bits per heavy atom. The van der Waals surface area contributed by atoms with Crippen LogP contribution in [0, 0.1) is 28.1 Å². The zero-order valence-electron chi connectivity index (χ0n) is 9.23. The molecule has 0 aromatic heterocycles. The largest absolute Gasteiger partial charge is 0.466 e. The maximum atomic E-state index is 11.3. The van der Waals surface area contributed by atoms with Gasteiger partial charge in [0.15, 0.2) is 5.41 Å². The van der Waals surface area contributed by atoms with Crippen LogP contribution in [0.1, 0.15) is 26.2 Å². The Balaban J connectivity index is 2.73. The SMILES string of the molecule is CCOC(=O)C[C@H]1OCCCC1(C#N)C#N. The number of rotatable bonds is 3. The molecular weight excluding hydrogens is 208 g/mol. The van der Waals surface area contributed by atoms with Crippen LogP contribution < -0.4 is 0 Å². The second kappa shape index (κ2) is 5.48. The highest BCUT2D eigenvalue weighted by atomic mass is 16.5. The van der Waals surface area contributed by atoms with Crippen molar-refractivity contribution >= 4 is 5.97 Å². The van der Waals surface area contributed by atoms with Crippen LogP contribution in [0.15, 0.2) is 0 Å². The molecule has 0 spiro atoms. The molecule has 1 aliphatic heterocycles. The van der Waals surface area contributed by atoms with Gasteiger partial charge in [0.2, 0.25) is 0 Å². The van der Waals surface area contributed by atoms with Crippen LogP contribution in [0.2, 0.25) is 0 Å². The monoisotopic (exact) mass is 222 g/mol. The van der Waals surface area contributed by atoms with Crippen molar-refractivity contribution in [1.29, 1.82) is 10.5 Å². The summed E-state index contributed by atoms with van der Waals surface area (Å²) in [7, 11) is 0. The molecule has 0 unspecified atom stereocenters. The van der Waals surface area contributed by atoms with Gasteiger partial charge in [0.05, 0.1) is 31.3 Å². The van der Waals surface area contributed by atoms with Crippen molar-refractivity contribution in [1.82, 2.24) is 0 Å². The first kappa shape index (κ1) is 12.5. The Morgan fingerprint density at radius 3 is 2.81 bits per heavy atom. The van der Waals surface area contributed by atoms with Gasteiger partial charge in [0.25, 0.3) is 0 Å². The van der Waals surface area contributed by atoms with Crippen LogP contribution >= 0.6 is 0 Å². The Kier molecular flexibility index (Phi) is 4.28. The molecule has 0 N–H and O–H groups in total. The number of nitrogens with zero attached hydrogens (tertiary/aromatic N) is 2. The smallest absolute Gasteiger partial charge is 0.308 e. The van der Waals surface area contributed by atoms with Crippen molar-refractivity contribution in [3.63, 3.8) is 0 Å². The topological polar surface area (TPSA) is 83.1 Å². The van der Waals surface area contributed by atoms with E-state index < -0.39 is 17.5 Å². The number of carbonyl (C=O) groups excluding carboxylic acids is 1. The van der Waals surface area contributed by atoms with E-state index in [1.165, 1.54) is 0 Å². The fourth-order valence-corrected chi connectivity index (χ4v) is 1.77.